The number of para-hydroxylation sites is 1. The molecule has 2 aromatic carbocycles. The molecule has 0 radical (unpaired) electrons. The second-order valence-electron chi connectivity index (χ2n) is 8.21. The van der Waals surface area contributed by atoms with Crippen LogP contribution in [0.25, 0.3) is 10.9 Å². The number of nitrogens with zero attached hydrogens (tertiary/aromatic N) is 2. The van der Waals surface area contributed by atoms with Gasteiger partial charge in [-0.2, -0.15) is 0 Å². The monoisotopic (exact) mass is 419 g/mol. The fraction of sp³-hybridized carbons (Fsp3) is 0.400. The molecule has 6 heteroatoms. The van der Waals surface area contributed by atoms with Crippen molar-refractivity contribution < 1.29 is 9.53 Å². The van der Waals surface area contributed by atoms with Gasteiger partial charge in [0.15, 0.2) is 0 Å². The van der Waals surface area contributed by atoms with Gasteiger partial charge in [-0.25, -0.2) is 4.98 Å². The molecule has 3 aromatic rings. The molecule has 4 rings (SSSR count). The first-order valence-electron chi connectivity index (χ1n) is 11.0. The van der Waals surface area contributed by atoms with Gasteiger partial charge in [0, 0.05) is 19.2 Å². The average Bonchev–Trinajstić information content (AvgIpc) is 2.82. The summed E-state index contributed by atoms with van der Waals surface area (Å²) in [6.45, 7) is 1.03. The van der Waals surface area contributed by atoms with Crippen LogP contribution in [-0.2, 0) is 11.3 Å². The van der Waals surface area contributed by atoms with Crippen molar-refractivity contribution in [3.63, 3.8) is 0 Å². The molecule has 1 aliphatic carbocycles. The minimum atomic E-state index is -0.198. The third-order valence-corrected chi connectivity index (χ3v) is 6.09. The van der Waals surface area contributed by atoms with Gasteiger partial charge in [-0.15, -0.1) is 0 Å². The number of carbonyl (C=O) groups is 1. The Morgan fingerprint density at radius 2 is 1.84 bits per heavy atom. The van der Waals surface area contributed by atoms with Crippen LogP contribution in [-0.4, -0.2) is 41.0 Å². The highest BCUT2D eigenvalue weighted by Crippen LogP contribution is 2.32. The molecule has 0 bridgehead atoms. The summed E-state index contributed by atoms with van der Waals surface area (Å²) in [5.74, 6) is 0.976. The number of carbonyl (C=O) groups excluding carboxylic acids is 1. The Bertz CT molecular complexity index is 1090. The van der Waals surface area contributed by atoms with Gasteiger partial charge in [-0.1, -0.05) is 43.5 Å². The van der Waals surface area contributed by atoms with Crippen molar-refractivity contribution in [1.29, 1.82) is 0 Å². The van der Waals surface area contributed by atoms with Crippen LogP contribution in [0.1, 0.15) is 59.8 Å². The summed E-state index contributed by atoms with van der Waals surface area (Å²) in [6, 6.07) is 15.2. The van der Waals surface area contributed by atoms with Crippen molar-refractivity contribution in [2.75, 3.05) is 20.3 Å². The van der Waals surface area contributed by atoms with E-state index in [0.717, 1.165) is 0 Å². The topological polar surface area (TPSA) is 75.3 Å². The molecule has 0 atom stereocenters. The lowest BCUT2D eigenvalue weighted by molar-refractivity contribution is 0.0675. The van der Waals surface area contributed by atoms with E-state index >= 15 is 0 Å². The average molecular weight is 420 g/mol. The number of nitrogens with one attached hydrogen (secondary N) is 1. The lowest BCUT2D eigenvalue weighted by Crippen LogP contribution is -2.34. The second-order valence-corrected chi connectivity index (χ2v) is 8.21. The van der Waals surface area contributed by atoms with Crippen molar-refractivity contribution in [2.24, 2.45) is 0 Å². The number of hydrogen-bond acceptors (Lipinski definition) is 4. The number of amides is 1. The number of aromatic nitrogens is 2. The molecule has 0 spiro atoms. The number of rotatable bonds is 7. The first-order chi connectivity index (χ1) is 15.2. The van der Waals surface area contributed by atoms with Crippen LogP contribution >= 0.6 is 0 Å². The molecule has 31 heavy (non-hydrogen) atoms. The van der Waals surface area contributed by atoms with Crippen molar-refractivity contribution in [2.45, 2.75) is 44.6 Å². The summed E-state index contributed by atoms with van der Waals surface area (Å²) < 4.78 is 5.20. The maximum absolute atomic E-state index is 13.2. The predicted molar refractivity (Wildman–Crippen MR) is 121 cm³/mol. The highest BCUT2D eigenvalue weighted by atomic mass is 16.5. The molecule has 0 saturated heterocycles. The zero-order valence-electron chi connectivity index (χ0n) is 18.0. The maximum Gasteiger partial charge on any atom is 0.258 e. The normalized spacial score (nSPS) is 14.6. The van der Waals surface area contributed by atoms with E-state index < -0.39 is 0 Å². The molecule has 1 amide bonds. The second kappa shape index (κ2) is 9.88. The molecule has 1 N–H and O–H groups in total. The number of benzene rings is 2. The number of ether oxygens (including phenoxy) is 1. The predicted octanol–water partition coefficient (Wildman–Crippen LogP) is 4.26. The molecule has 6 nitrogen and oxygen atoms in total. The van der Waals surface area contributed by atoms with Gasteiger partial charge in [0.2, 0.25) is 0 Å². The zero-order chi connectivity index (χ0) is 21.6. The van der Waals surface area contributed by atoms with Crippen LogP contribution in [0.4, 0.5) is 0 Å². The molecule has 1 saturated carbocycles. The Balaban J connectivity index is 1.54. The Morgan fingerprint density at radius 1 is 1.10 bits per heavy atom. The highest BCUT2D eigenvalue weighted by Gasteiger charge is 2.20. The number of methoxy groups -OCH3 is 1. The van der Waals surface area contributed by atoms with E-state index in [9.17, 15) is 9.59 Å². The van der Waals surface area contributed by atoms with E-state index in [1.807, 2.05) is 24.3 Å². The third kappa shape index (κ3) is 5.02. The van der Waals surface area contributed by atoms with Crippen LogP contribution in [0.5, 0.6) is 0 Å². The van der Waals surface area contributed by atoms with Crippen molar-refractivity contribution in [3.8, 4) is 0 Å². The Morgan fingerprint density at radius 3 is 2.58 bits per heavy atom. The number of fused-ring (bicyclic) bond motifs is 1. The lowest BCUT2D eigenvalue weighted by atomic mass is 9.84. The highest BCUT2D eigenvalue weighted by molar-refractivity contribution is 5.94. The fourth-order valence-corrected chi connectivity index (χ4v) is 4.36. The van der Waals surface area contributed by atoms with Crippen molar-refractivity contribution in [3.05, 3.63) is 75.8 Å². The number of aromatic amines is 1. The summed E-state index contributed by atoms with van der Waals surface area (Å²) in [7, 11) is 1.61. The van der Waals surface area contributed by atoms with E-state index in [1.54, 1.807) is 24.1 Å². The molecule has 1 aromatic heterocycles. The van der Waals surface area contributed by atoms with Crippen molar-refractivity contribution in [1.82, 2.24) is 14.9 Å². The summed E-state index contributed by atoms with van der Waals surface area (Å²) in [6.07, 6.45) is 6.36. The minimum absolute atomic E-state index is 0.0944. The molecular formula is C25H29N3O3. The Hall–Kier alpha value is -2.99. The summed E-state index contributed by atoms with van der Waals surface area (Å²) in [4.78, 5) is 34.7. The standard InChI is InChI=1S/C25H29N3O3/c1-31-16-15-28(17-23-26-22-10-6-5-9-21(22)24(29)27-23)25(30)20-13-11-19(12-14-20)18-7-3-2-4-8-18/h5-6,9-14,18H,2-4,7-8,15-17H2,1H3,(H,26,27,29). The summed E-state index contributed by atoms with van der Waals surface area (Å²) >= 11 is 0. The number of hydrogen-bond donors (Lipinski definition) is 1. The Kier molecular flexibility index (Phi) is 6.77. The van der Waals surface area contributed by atoms with E-state index in [4.69, 9.17) is 4.74 Å². The van der Waals surface area contributed by atoms with Gasteiger partial charge in [-0.3, -0.25) is 9.59 Å². The van der Waals surface area contributed by atoms with Gasteiger partial charge in [0.25, 0.3) is 11.5 Å². The smallest absolute Gasteiger partial charge is 0.258 e. The van der Waals surface area contributed by atoms with E-state index in [2.05, 4.69) is 22.1 Å². The van der Waals surface area contributed by atoms with E-state index in [-0.39, 0.29) is 18.0 Å². The van der Waals surface area contributed by atoms with Crippen LogP contribution < -0.4 is 5.56 Å². The van der Waals surface area contributed by atoms with Crippen LogP contribution in [0.2, 0.25) is 0 Å². The maximum atomic E-state index is 13.2. The van der Waals surface area contributed by atoms with Crippen LogP contribution in [0, 0.1) is 0 Å². The summed E-state index contributed by atoms with van der Waals surface area (Å²) in [5, 5.41) is 0.541. The molecule has 162 valence electrons. The van der Waals surface area contributed by atoms with E-state index in [0.29, 0.717) is 41.4 Å². The Labute approximate surface area is 182 Å². The van der Waals surface area contributed by atoms with Crippen LogP contribution in [0.3, 0.4) is 0 Å². The SMILES string of the molecule is COCCN(Cc1nc2ccccc2c(=O)[nH]1)C(=O)c1ccc(C2CCCCC2)cc1. The molecule has 0 unspecified atom stereocenters. The third-order valence-electron chi connectivity index (χ3n) is 6.09. The molecule has 1 aliphatic rings. The number of H-pyrrole nitrogens is 1. The fourth-order valence-electron chi connectivity index (χ4n) is 4.36. The lowest BCUT2D eigenvalue weighted by Gasteiger charge is -2.24. The van der Waals surface area contributed by atoms with E-state index in [1.165, 1.54) is 37.7 Å². The van der Waals surface area contributed by atoms with Gasteiger partial charge < -0.3 is 14.6 Å². The van der Waals surface area contributed by atoms with Crippen molar-refractivity contribution >= 4 is 16.8 Å². The summed E-state index contributed by atoms with van der Waals surface area (Å²) in [5.41, 5.74) is 2.38. The first-order valence-corrected chi connectivity index (χ1v) is 11.0. The molecule has 1 heterocycles. The molecule has 1 fully saturated rings. The minimum Gasteiger partial charge on any atom is -0.383 e. The molecule has 0 aliphatic heterocycles. The quantitative estimate of drug-likeness (QED) is 0.621. The zero-order valence-corrected chi connectivity index (χ0v) is 18.0. The van der Waals surface area contributed by atoms with Crippen LogP contribution in [0.15, 0.2) is 53.3 Å². The van der Waals surface area contributed by atoms with Gasteiger partial charge >= 0.3 is 0 Å². The first kappa shape index (κ1) is 21.2. The van der Waals surface area contributed by atoms with Gasteiger partial charge in [0.05, 0.1) is 24.1 Å². The molecular weight excluding hydrogens is 390 g/mol. The van der Waals surface area contributed by atoms with Gasteiger partial charge in [-0.05, 0) is 48.6 Å². The largest absolute Gasteiger partial charge is 0.383 e. The van der Waals surface area contributed by atoms with Gasteiger partial charge in [0.1, 0.15) is 5.82 Å².